The van der Waals surface area contributed by atoms with Crippen LogP contribution in [0.4, 0.5) is 0 Å². The Kier molecular flexibility index (Phi) is 4.49. The van der Waals surface area contributed by atoms with Crippen LogP contribution in [0.15, 0.2) is 6.07 Å². The summed E-state index contributed by atoms with van der Waals surface area (Å²) in [7, 11) is 1.80. The normalized spacial score (nSPS) is 11.0. The summed E-state index contributed by atoms with van der Waals surface area (Å²) < 4.78 is 1.93. The van der Waals surface area contributed by atoms with Gasteiger partial charge in [0.15, 0.2) is 0 Å². The van der Waals surface area contributed by atoms with Crippen molar-refractivity contribution in [3.05, 3.63) is 17.5 Å². The summed E-state index contributed by atoms with van der Waals surface area (Å²) in [6, 6.07) is 2.04. The third-order valence-electron chi connectivity index (χ3n) is 2.41. The number of hydrogen-bond donors (Lipinski definition) is 1. The number of carboxylic acid groups (broad SMARTS) is 1. The van der Waals surface area contributed by atoms with Gasteiger partial charge < -0.3 is 5.11 Å². The average Bonchev–Trinajstić information content (AvgIpc) is 2.59. The molecule has 0 bridgehead atoms. The maximum absolute atomic E-state index is 10.6. The highest BCUT2D eigenvalue weighted by Gasteiger charge is 2.10. The molecule has 0 fully saturated rings. The van der Waals surface area contributed by atoms with Gasteiger partial charge >= 0.3 is 5.97 Å². The van der Waals surface area contributed by atoms with E-state index in [1.54, 1.807) is 11.9 Å². The zero-order valence-electron chi connectivity index (χ0n) is 10.1. The number of aromatic nitrogens is 2. The van der Waals surface area contributed by atoms with Gasteiger partial charge in [-0.05, 0) is 26.5 Å². The van der Waals surface area contributed by atoms with Gasteiger partial charge in [0.2, 0.25) is 0 Å². The quantitative estimate of drug-likeness (QED) is 0.784. The molecule has 1 N–H and O–H groups in total. The minimum absolute atomic E-state index is 0.0519. The smallest absolute Gasteiger partial charge is 0.317 e. The standard InChI is InChI=1S/C11H19N3O2/c1-4-9-6-10(14(5-2)12-9)7-13(3)8-11(15)16/h6H,4-5,7-8H2,1-3H3,(H,15,16). The van der Waals surface area contributed by atoms with Gasteiger partial charge in [0.25, 0.3) is 0 Å². The molecular formula is C11H19N3O2. The molecule has 0 unspecified atom stereocenters. The Morgan fingerprint density at radius 3 is 2.75 bits per heavy atom. The summed E-state index contributed by atoms with van der Waals surface area (Å²) in [4.78, 5) is 12.3. The van der Waals surface area contributed by atoms with Crippen molar-refractivity contribution < 1.29 is 9.90 Å². The number of carbonyl (C=O) groups is 1. The molecule has 1 rings (SSSR count). The molecule has 0 radical (unpaired) electrons. The van der Waals surface area contributed by atoms with Gasteiger partial charge in [0.1, 0.15) is 0 Å². The molecule has 5 heteroatoms. The lowest BCUT2D eigenvalue weighted by molar-refractivity contribution is -0.138. The van der Waals surface area contributed by atoms with Crippen LogP contribution < -0.4 is 0 Å². The molecule has 0 aliphatic carbocycles. The minimum Gasteiger partial charge on any atom is -0.480 e. The summed E-state index contributed by atoms with van der Waals surface area (Å²) in [6.45, 7) is 5.58. The fraction of sp³-hybridized carbons (Fsp3) is 0.636. The van der Waals surface area contributed by atoms with E-state index in [1.807, 2.05) is 17.7 Å². The molecule has 0 spiro atoms. The van der Waals surface area contributed by atoms with E-state index in [0.717, 1.165) is 24.4 Å². The molecule has 0 saturated heterocycles. The molecular weight excluding hydrogens is 206 g/mol. The Balaban J connectivity index is 2.71. The minimum atomic E-state index is -0.805. The van der Waals surface area contributed by atoms with E-state index in [0.29, 0.717) is 6.54 Å². The fourth-order valence-corrected chi connectivity index (χ4v) is 1.65. The van der Waals surface area contributed by atoms with E-state index in [1.165, 1.54) is 0 Å². The number of carboxylic acids is 1. The van der Waals surface area contributed by atoms with Crippen molar-refractivity contribution >= 4 is 5.97 Å². The predicted octanol–water partition coefficient (Wildman–Crippen LogP) is 0.982. The molecule has 0 aliphatic rings. The highest BCUT2D eigenvalue weighted by molar-refractivity contribution is 5.68. The van der Waals surface area contributed by atoms with Crippen LogP contribution in [0.5, 0.6) is 0 Å². The molecule has 5 nitrogen and oxygen atoms in total. The van der Waals surface area contributed by atoms with Crippen molar-refractivity contribution in [3.8, 4) is 0 Å². The summed E-state index contributed by atoms with van der Waals surface area (Å²) in [6.07, 6.45) is 0.905. The van der Waals surface area contributed by atoms with Crippen molar-refractivity contribution in [2.75, 3.05) is 13.6 Å². The van der Waals surface area contributed by atoms with E-state index in [4.69, 9.17) is 5.11 Å². The van der Waals surface area contributed by atoms with E-state index >= 15 is 0 Å². The number of aliphatic carboxylic acids is 1. The lowest BCUT2D eigenvalue weighted by Crippen LogP contribution is -2.26. The molecule has 1 aromatic rings. The van der Waals surface area contributed by atoms with Crippen LogP contribution >= 0.6 is 0 Å². The summed E-state index contributed by atoms with van der Waals surface area (Å²) in [5, 5.41) is 13.1. The Labute approximate surface area is 95.7 Å². The first kappa shape index (κ1) is 12.7. The van der Waals surface area contributed by atoms with Crippen molar-refractivity contribution in [3.63, 3.8) is 0 Å². The Bertz CT molecular complexity index is 360. The first-order chi connectivity index (χ1) is 7.56. The monoisotopic (exact) mass is 225 g/mol. The summed E-state index contributed by atoms with van der Waals surface area (Å²) in [5.41, 5.74) is 2.13. The third-order valence-corrected chi connectivity index (χ3v) is 2.41. The number of hydrogen-bond acceptors (Lipinski definition) is 3. The zero-order valence-corrected chi connectivity index (χ0v) is 10.1. The zero-order chi connectivity index (χ0) is 12.1. The van der Waals surface area contributed by atoms with Gasteiger partial charge in [-0.25, -0.2) is 0 Å². The van der Waals surface area contributed by atoms with Gasteiger partial charge in [-0.1, -0.05) is 6.92 Å². The fourth-order valence-electron chi connectivity index (χ4n) is 1.65. The van der Waals surface area contributed by atoms with E-state index in [2.05, 4.69) is 12.0 Å². The van der Waals surface area contributed by atoms with Crippen LogP contribution in [0.25, 0.3) is 0 Å². The highest BCUT2D eigenvalue weighted by atomic mass is 16.4. The maximum atomic E-state index is 10.6. The van der Waals surface area contributed by atoms with E-state index in [9.17, 15) is 4.79 Å². The third kappa shape index (κ3) is 3.34. The van der Waals surface area contributed by atoms with Gasteiger partial charge in [0.05, 0.1) is 17.9 Å². The van der Waals surface area contributed by atoms with Crippen molar-refractivity contribution in [1.82, 2.24) is 14.7 Å². The average molecular weight is 225 g/mol. The maximum Gasteiger partial charge on any atom is 0.317 e. The predicted molar refractivity (Wildman–Crippen MR) is 61.2 cm³/mol. The van der Waals surface area contributed by atoms with Crippen LogP contribution in [0, 0.1) is 0 Å². The van der Waals surface area contributed by atoms with Gasteiger partial charge in [-0.15, -0.1) is 0 Å². The number of rotatable bonds is 6. The number of aryl methyl sites for hydroxylation is 2. The SMILES string of the molecule is CCc1cc(CN(C)CC(=O)O)n(CC)n1. The lowest BCUT2D eigenvalue weighted by atomic mass is 10.3. The summed E-state index contributed by atoms with van der Waals surface area (Å²) in [5.74, 6) is -0.805. The van der Waals surface area contributed by atoms with Crippen molar-refractivity contribution in [1.29, 1.82) is 0 Å². The Morgan fingerprint density at radius 1 is 1.56 bits per heavy atom. The Hall–Kier alpha value is -1.36. The van der Waals surface area contributed by atoms with Crippen LogP contribution in [0.3, 0.4) is 0 Å². The second-order valence-electron chi connectivity index (χ2n) is 3.86. The van der Waals surface area contributed by atoms with Crippen LogP contribution in [0.1, 0.15) is 25.2 Å². The molecule has 1 aromatic heterocycles. The van der Waals surface area contributed by atoms with Crippen LogP contribution in [-0.4, -0.2) is 39.3 Å². The van der Waals surface area contributed by atoms with E-state index < -0.39 is 5.97 Å². The molecule has 0 amide bonds. The van der Waals surface area contributed by atoms with Gasteiger partial charge in [-0.2, -0.15) is 5.10 Å². The molecule has 0 aliphatic heterocycles. The van der Waals surface area contributed by atoms with E-state index in [-0.39, 0.29) is 6.54 Å². The summed E-state index contributed by atoms with van der Waals surface area (Å²) >= 11 is 0. The second-order valence-corrected chi connectivity index (χ2v) is 3.86. The largest absolute Gasteiger partial charge is 0.480 e. The first-order valence-corrected chi connectivity index (χ1v) is 5.52. The lowest BCUT2D eigenvalue weighted by Gasteiger charge is -2.14. The molecule has 16 heavy (non-hydrogen) atoms. The Morgan fingerprint density at radius 2 is 2.25 bits per heavy atom. The highest BCUT2D eigenvalue weighted by Crippen LogP contribution is 2.07. The first-order valence-electron chi connectivity index (χ1n) is 5.52. The molecule has 0 atom stereocenters. The number of nitrogens with zero attached hydrogens (tertiary/aromatic N) is 3. The molecule has 0 aromatic carbocycles. The van der Waals surface area contributed by atoms with Crippen molar-refractivity contribution in [2.45, 2.75) is 33.4 Å². The van der Waals surface area contributed by atoms with Crippen LogP contribution in [-0.2, 0) is 24.3 Å². The molecule has 90 valence electrons. The van der Waals surface area contributed by atoms with Crippen LogP contribution in [0.2, 0.25) is 0 Å². The number of likely N-dealkylation sites (N-methyl/N-ethyl adjacent to an activating group) is 1. The molecule has 1 heterocycles. The van der Waals surface area contributed by atoms with Gasteiger partial charge in [-0.3, -0.25) is 14.4 Å². The molecule has 0 saturated carbocycles. The van der Waals surface area contributed by atoms with Crippen molar-refractivity contribution in [2.24, 2.45) is 0 Å². The topological polar surface area (TPSA) is 58.4 Å². The second kappa shape index (κ2) is 5.65. The van der Waals surface area contributed by atoms with Gasteiger partial charge in [0, 0.05) is 13.1 Å².